The van der Waals surface area contributed by atoms with Crippen LogP contribution in [0.2, 0.25) is 10.0 Å². The van der Waals surface area contributed by atoms with E-state index in [-0.39, 0.29) is 5.91 Å². The Balaban J connectivity index is 1.40. The lowest BCUT2D eigenvalue weighted by Crippen LogP contribution is -2.19. The number of carbonyl (C=O) groups is 1. The van der Waals surface area contributed by atoms with E-state index in [1.807, 2.05) is 0 Å². The molecule has 0 saturated heterocycles. The summed E-state index contributed by atoms with van der Waals surface area (Å²) in [5.41, 5.74) is 8.62. The molecule has 0 spiro atoms. The van der Waals surface area contributed by atoms with Crippen LogP contribution >= 0.6 is 23.2 Å². The highest BCUT2D eigenvalue weighted by Gasteiger charge is 2.18. The molecule has 1 aromatic heterocycles. The molecule has 1 aliphatic rings. The van der Waals surface area contributed by atoms with Crippen molar-refractivity contribution in [1.82, 2.24) is 15.6 Å². The van der Waals surface area contributed by atoms with Crippen LogP contribution in [0.15, 0.2) is 59.7 Å². The van der Waals surface area contributed by atoms with E-state index >= 15 is 0 Å². The Bertz CT molecular complexity index is 1360. The summed E-state index contributed by atoms with van der Waals surface area (Å²) in [6, 6.07) is 17.5. The molecule has 5 nitrogen and oxygen atoms in total. The standard InChI is InChI=1S/C24H18Cl2N4O/c1-13(17-10-8-16(25)11-20(17)26)27-30-24(31)22-12-21(28-29-22)18-9-7-15-6-5-14-3-2-4-19(18)23(14)15/h2-4,7-12H,5-6H2,1H3,(H,28,29)(H,30,31). The quantitative estimate of drug-likeness (QED) is 0.306. The van der Waals surface area contributed by atoms with E-state index < -0.39 is 0 Å². The average molecular weight is 449 g/mol. The molecule has 4 aromatic rings. The smallest absolute Gasteiger partial charge is 0.272 e. The molecule has 0 aliphatic heterocycles. The maximum Gasteiger partial charge on any atom is 0.289 e. The van der Waals surface area contributed by atoms with Gasteiger partial charge in [0, 0.05) is 16.1 Å². The molecular weight excluding hydrogens is 431 g/mol. The molecule has 1 amide bonds. The zero-order valence-electron chi connectivity index (χ0n) is 16.7. The number of halogens is 2. The van der Waals surface area contributed by atoms with E-state index in [9.17, 15) is 4.79 Å². The predicted octanol–water partition coefficient (Wildman–Crippen LogP) is 5.79. The van der Waals surface area contributed by atoms with Gasteiger partial charge in [-0.2, -0.15) is 10.2 Å². The Kier molecular flexibility index (Phi) is 5.00. The number of carbonyl (C=O) groups excluding carboxylic acids is 1. The molecule has 2 N–H and O–H groups in total. The van der Waals surface area contributed by atoms with Gasteiger partial charge in [0.15, 0.2) is 0 Å². The Labute approximate surface area is 189 Å². The number of aryl methyl sites for hydroxylation is 2. The van der Waals surface area contributed by atoms with Crippen LogP contribution in [0.1, 0.15) is 34.1 Å². The highest BCUT2D eigenvalue weighted by molar-refractivity contribution is 6.37. The van der Waals surface area contributed by atoms with Gasteiger partial charge >= 0.3 is 0 Å². The van der Waals surface area contributed by atoms with Crippen molar-refractivity contribution in [2.45, 2.75) is 19.8 Å². The van der Waals surface area contributed by atoms with Gasteiger partial charge in [0.1, 0.15) is 5.69 Å². The molecule has 31 heavy (non-hydrogen) atoms. The van der Waals surface area contributed by atoms with Crippen LogP contribution in [0.3, 0.4) is 0 Å². The molecule has 0 radical (unpaired) electrons. The minimum atomic E-state index is -0.380. The van der Waals surface area contributed by atoms with Crippen molar-refractivity contribution in [2.75, 3.05) is 0 Å². The molecule has 0 unspecified atom stereocenters. The molecule has 154 valence electrons. The van der Waals surface area contributed by atoms with Crippen molar-refractivity contribution < 1.29 is 4.79 Å². The van der Waals surface area contributed by atoms with Crippen LogP contribution in [0.4, 0.5) is 0 Å². The highest BCUT2D eigenvalue weighted by atomic mass is 35.5. The minimum Gasteiger partial charge on any atom is -0.272 e. The van der Waals surface area contributed by atoms with Crippen molar-refractivity contribution in [3.8, 4) is 11.3 Å². The first-order valence-electron chi connectivity index (χ1n) is 9.90. The summed E-state index contributed by atoms with van der Waals surface area (Å²) in [6.07, 6.45) is 2.14. The monoisotopic (exact) mass is 448 g/mol. The van der Waals surface area contributed by atoms with Gasteiger partial charge in [-0.1, -0.05) is 59.6 Å². The number of nitrogens with one attached hydrogen (secondary N) is 2. The Hall–Kier alpha value is -3.15. The van der Waals surface area contributed by atoms with E-state index in [1.54, 1.807) is 31.2 Å². The van der Waals surface area contributed by atoms with Crippen molar-refractivity contribution >= 4 is 45.6 Å². The molecule has 1 aliphatic carbocycles. The number of nitrogens with zero attached hydrogens (tertiary/aromatic N) is 2. The fourth-order valence-corrected chi connectivity index (χ4v) is 4.63. The Morgan fingerprint density at radius 3 is 2.68 bits per heavy atom. The van der Waals surface area contributed by atoms with E-state index in [4.69, 9.17) is 23.2 Å². The number of rotatable bonds is 4. The van der Waals surface area contributed by atoms with Crippen LogP contribution in [0, 0.1) is 0 Å². The summed E-state index contributed by atoms with van der Waals surface area (Å²) in [5, 5.41) is 14.9. The maximum atomic E-state index is 12.6. The van der Waals surface area contributed by atoms with Crippen LogP contribution in [-0.4, -0.2) is 21.8 Å². The lowest BCUT2D eigenvalue weighted by atomic mass is 9.98. The van der Waals surface area contributed by atoms with Gasteiger partial charge in [-0.25, -0.2) is 5.43 Å². The van der Waals surface area contributed by atoms with Crippen molar-refractivity contribution in [1.29, 1.82) is 0 Å². The second-order valence-corrected chi connectivity index (χ2v) is 8.38. The summed E-state index contributed by atoms with van der Waals surface area (Å²) in [4.78, 5) is 12.6. The number of aromatic amines is 1. The largest absolute Gasteiger partial charge is 0.289 e. The normalized spacial score (nSPS) is 13.1. The molecule has 0 atom stereocenters. The van der Waals surface area contributed by atoms with Gasteiger partial charge in [-0.05, 0) is 59.9 Å². The lowest BCUT2D eigenvalue weighted by Gasteiger charge is -2.06. The second kappa shape index (κ2) is 7.84. The molecule has 7 heteroatoms. The van der Waals surface area contributed by atoms with Crippen molar-refractivity contribution in [2.24, 2.45) is 5.10 Å². The van der Waals surface area contributed by atoms with Gasteiger partial charge in [-0.15, -0.1) is 0 Å². The van der Waals surface area contributed by atoms with Crippen molar-refractivity contribution in [3.05, 3.63) is 87.0 Å². The van der Waals surface area contributed by atoms with Gasteiger partial charge in [0.2, 0.25) is 0 Å². The molecule has 0 saturated carbocycles. The number of hydrazone groups is 1. The van der Waals surface area contributed by atoms with E-state index in [0.29, 0.717) is 27.0 Å². The third-order valence-corrected chi connectivity index (χ3v) is 6.17. The third-order valence-electron chi connectivity index (χ3n) is 5.62. The first-order chi connectivity index (χ1) is 15.0. The minimum absolute atomic E-state index is 0.331. The van der Waals surface area contributed by atoms with Crippen LogP contribution < -0.4 is 5.43 Å². The predicted molar refractivity (Wildman–Crippen MR) is 125 cm³/mol. The second-order valence-electron chi connectivity index (χ2n) is 7.54. The van der Waals surface area contributed by atoms with Crippen LogP contribution in [0.5, 0.6) is 0 Å². The Morgan fingerprint density at radius 1 is 1.06 bits per heavy atom. The first kappa shape index (κ1) is 19.8. The molecule has 0 fully saturated rings. The SMILES string of the molecule is CC(=NNC(=O)c1cc(-c2ccc3c4c(cccc24)CC3)n[nH]1)c1ccc(Cl)cc1Cl. The zero-order valence-corrected chi connectivity index (χ0v) is 18.2. The number of amides is 1. The molecular formula is C24H18Cl2N4O. The molecule has 1 heterocycles. The van der Waals surface area contributed by atoms with E-state index in [1.165, 1.54) is 16.5 Å². The summed E-state index contributed by atoms with van der Waals surface area (Å²) in [7, 11) is 0. The number of hydrogen-bond donors (Lipinski definition) is 2. The average Bonchev–Trinajstić information content (AvgIpc) is 3.41. The summed E-state index contributed by atoms with van der Waals surface area (Å²) in [5.74, 6) is -0.380. The van der Waals surface area contributed by atoms with E-state index in [0.717, 1.165) is 29.5 Å². The number of H-pyrrole nitrogens is 1. The van der Waals surface area contributed by atoms with Crippen LogP contribution in [-0.2, 0) is 12.8 Å². The number of benzene rings is 3. The fraction of sp³-hybridized carbons (Fsp3) is 0.125. The topological polar surface area (TPSA) is 70.1 Å². The highest BCUT2D eigenvalue weighted by Crippen LogP contribution is 2.36. The number of aromatic nitrogens is 2. The van der Waals surface area contributed by atoms with Gasteiger partial charge < -0.3 is 0 Å². The molecule has 0 bridgehead atoms. The van der Waals surface area contributed by atoms with Crippen molar-refractivity contribution in [3.63, 3.8) is 0 Å². The summed E-state index contributed by atoms with van der Waals surface area (Å²) in [6.45, 7) is 1.76. The molecule has 5 rings (SSSR count). The Morgan fingerprint density at radius 2 is 1.87 bits per heavy atom. The fourth-order valence-electron chi connectivity index (χ4n) is 4.08. The zero-order chi connectivity index (χ0) is 21.5. The van der Waals surface area contributed by atoms with Crippen LogP contribution in [0.25, 0.3) is 22.0 Å². The van der Waals surface area contributed by atoms with E-state index in [2.05, 4.69) is 51.1 Å². The lowest BCUT2D eigenvalue weighted by molar-refractivity contribution is 0.0950. The third kappa shape index (κ3) is 3.60. The van der Waals surface area contributed by atoms with Gasteiger partial charge in [-0.3, -0.25) is 9.89 Å². The summed E-state index contributed by atoms with van der Waals surface area (Å²) >= 11 is 12.1. The van der Waals surface area contributed by atoms with Gasteiger partial charge in [0.25, 0.3) is 5.91 Å². The first-order valence-corrected chi connectivity index (χ1v) is 10.7. The maximum absolute atomic E-state index is 12.6. The molecule has 3 aromatic carbocycles. The number of hydrogen-bond acceptors (Lipinski definition) is 3. The van der Waals surface area contributed by atoms with Gasteiger partial charge in [0.05, 0.1) is 16.4 Å². The summed E-state index contributed by atoms with van der Waals surface area (Å²) < 4.78 is 0.